The predicted molar refractivity (Wildman–Crippen MR) is 33.2 cm³/mol. The summed E-state index contributed by atoms with van der Waals surface area (Å²) >= 11 is 0. The topological polar surface area (TPSA) is 41.6 Å². The van der Waals surface area contributed by atoms with Crippen LogP contribution in [0.2, 0.25) is 0 Å². The van der Waals surface area contributed by atoms with E-state index in [-0.39, 0.29) is 5.97 Å². The van der Waals surface area contributed by atoms with Crippen LogP contribution in [0.25, 0.3) is 0 Å². The Labute approximate surface area is 57.7 Å². The number of fused-ring (bicyclic) bond motifs is 1. The van der Waals surface area contributed by atoms with Crippen LogP contribution in [0.15, 0.2) is 24.2 Å². The Bertz CT molecular complexity index is 232. The third-order valence-corrected chi connectivity index (χ3v) is 1.41. The van der Waals surface area contributed by atoms with E-state index >= 15 is 0 Å². The first-order chi connectivity index (χ1) is 4.88. The molecule has 2 aliphatic heterocycles. The summed E-state index contributed by atoms with van der Waals surface area (Å²) in [6.45, 7) is 0.689. The highest BCUT2D eigenvalue weighted by Crippen LogP contribution is 2.13. The Kier molecular flexibility index (Phi) is 1.01. The average Bonchev–Trinajstić information content (AvgIpc) is 2.36. The molecule has 0 radical (unpaired) electrons. The van der Waals surface area contributed by atoms with E-state index in [2.05, 4.69) is 10.2 Å². The first kappa shape index (κ1) is 5.49. The van der Waals surface area contributed by atoms with Crippen molar-refractivity contribution in [3.8, 4) is 0 Å². The van der Waals surface area contributed by atoms with Crippen LogP contribution < -0.4 is 5.43 Å². The van der Waals surface area contributed by atoms with Crippen molar-refractivity contribution in [2.75, 3.05) is 6.54 Å². The standard InChI is InChI=1S/C6H6N2O2/c9-6-5-1-2-7-8(5)3-4-10-6/h1,3-4,7H,2H2. The molecule has 0 unspecified atom stereocenters. The summed E-state index contributed by atoms with van der Waals surface area (Å²) in [6.07, 6.45) is 4.81. The van der Waals surface area contributed by atoms with Gasteiger partial charge in [0.2, 0.25) is 0 Å². The van der Waals surface area contributed by atoms with Gasteiger partial charge in [-0.05, 0) is 6.08 Å². The van der Waals surface area contributed by atoms with E-state index in [1.54, 1.807) is 17.3 Å². The number of cyclic esters (lactones) is 1. The summed E-state index contributed by atoms with van der Waals surface area (Å²) in [5.74, 6) is -0.299. The Morgan fingerprint density at radius 3 is 3.40 bits per heavy atom. The lowest BCUT2D eigenvalue weighted by Crippen LogP contribution is -2.32. The predicted octanol–water partition coefficient (Wildman–Crippen LogP) is -0.282. The zero-order chi connectivity index (χ0) is 6.97. The largest absolute Gasteiger partial charge is 0.428 e. The molecule has 0 bridgehead atoms. The van der Waals surface area contributed by atoms with Crippen LogP contribution >= 0.6 is 0 Å². The van der Waals surface area contributed by atoms with Gasteiger partial charge < -0.3 is 4.74 Å². The Morgan fingerprint density at radius 2 is 2.60 bits per heavy atom. The second-order valence-electron chi connectivity index (χ2n) is 2.01. The first-order valence-corrected chi connectivity index (χ1v) is 2.98. The van der Waals surface area contributed by atoms with Gasteiger partial charge in [-0.3, -0.25) is 5.01 Å². The smallest absolute Gasteiger partial charge is 0.360 e. The Morgan fingerprint density at radius 1 is 1.70 bits per heavy atom. The summed E-state index contributed by atoms with van der Waals surface area (Å²) in [7, 11) is 0. The highest BCUT2D eigenvalue weighted by atomic mass is 16.5. The minimum absolute atomic E-state index is 0.299. The number of carbonyl (C=O) groups excluding carboxylic acids is 1. The number of hydrogen-bond donors (Lipinski definition) is 1. The van der Waals surface area contributed by atoms with Gasteiger partial charge in [0.1, 0.15) is 12.0 Å². The fourth-order valence-electron chi connectivity index (χ4n) is 0.952. The molecule has 0 aromatic heterocycles. The maximum absolute atomic E-state index is 10.9. The normalized spacial score (nSPS) is 22.2. The highest BCUT2D eigenvalue weighted by molar-refractivity contribution is 5.89. The van der Waals surface area contributed by atoms with Crippen molar-refractivity contribution < 1.29 is 9.53 Å². The van der Waals surface area contributed by atoms with Crippen molar-refractivity contribution in [2.24, 2.45) is 0 Å². The fourth-order valence-corrected chi connectivity index (χ4v) is 0.952. The van der Waals surface area contributed by atoms with Crippen LogP contribution in [0.5, 0.6) is 0 Å². The molecule has 2 aliphatic rings. The number of hydrazine groups is 1. The first-order valence-electron chi connectivity index (χ1n) is 2.98. The summed E-state index contributed by atoms with van der Waals surface area (Å²) in [5, 5.41) is 1.64. The Balaban J connectivity index is 2.35. The van der Waals surface area contributed by atoms with Crippen molar-refractivity contribution in [3.05, 3.63) is 24.2 Å². The van der Waals surface area contributed by atoms with Crippen molar-refractivity contribution in [1.29, 1.82) is 0 Å². The van der Waals surface area contributed by atoms with Crippen LogP contribution in [0.4, 0.5) is 0 Å². The molecule has 0 aliphatic carbocycles. The van der Waals surface area contributed by atoms with E-state index in [0.717, 1.165) is 0 Å². The third-order valence-electron chi connectivity index (χ3n) is 1.41. The van der Waals surface area contributed by atoms with E-state index in [0.29, 0.717) is 12.2 Å². The van der Waals surface area contributed by atoms with Gasteiger partial charge in [-0.25, -0.2) is 10.2 Å². The second-order valence-corrected chi connectivity index (χ2v) is 2.01. The monoisotopic (exact) mass is 138 g/mol. The molecule has 0 amide bonds. The van der Waals surface area contributed by atoms with E-state index in [4.69, 9.17) is 0 Å². The molecular weight excluding hydrogens is 132 g/mol. The molecule has 0 aromatic rings. The molecule has 0 saturated heterocycles. The lowest BCUT2D eigenvalue weighted by Gasteiger charge is -2.18. The zero-order valence-corrected chi connectivity index (χ0v) is 5.20. The molecule has 10 heavy (non-hydrogen) atoms. The molecule has 52 valence electrons. The summed E-state index contributed by atoms with van der Waals surface area (Å²) in [5.41, 5.74) is 3.51. The molecule has 1 N–H and O–H groups in total. The molecule has 4 heteroatoms. The number of nitrogens with zero attached hydrogens (tertiary/aromatic N) is 1. The molecule has 0 aromatic carbocycles. The quantitative estimate of drug-likeness (QED) is 0.467. The van der Waals surface area contributed by atoms with Crippen LogP contribution in [-0.2, 0) is 9.53 Å². The van der Waals surface area contributed by atoms with Gasteiger partial charge in [0.05, 0.1) is 6.20 Å². The maximum atomic E-state index is 10.9. The average molecular weight is 138 g/mol. The van der Waals surface area contributed by atoms with Crippen LogP contribution in [0.3, 0.4) is 0 Å². The summed E-state index contributed by atoms with van der Waals surface area (Å²) in [6, 6.07) is 0. The Hall–Kier alpha value is -1.29. The van der Waals surface area contributed by atoms with Gasteiger partial charge in [-0.2, -0.15) is 0 Å². The summed E-state index contributed by atoms with van der Waals surface area (Å²) in [4.78, 5) is 10.9. The molecule has 0 spiro atoms. The van der Waals surface area contributed by atoms with Crippen LogP contribution in [-0.4, -0.2) is 17.5 Å². The molecule has 2 rings (SSSR count). The van der Waals surface area contributed by atoms with Crippen molar-refractivity contribution in [3.63, 3.8) is 0 Å². The number of esters is 1. The van der Waals surface area contributed by atoms with Gasteiger partial charge in [-0.1, -0.05) is 0 Å². The molecule has 4 nitrogen and oxygen atoms in total. The third kappa shape index (κ3) is 0.625. The lowest BCUT2D eigenvalue weighted by atomic mass is 10.4. The fraction of sp³-hybridized carbons (Fsp3) is 0.167. The molecular formula is C6H6N2O2. The number of nitrogens with one attached hydrogen (secondary N) is 1. The lowest BCUT2D eigenvalue weighted by molar-refractivity contribution is -0.136. The molecule has 2 heterocycles. The minimum Gasteiger partial charge on any atom is -0.428 e. The van der Waals surface area contributed by atoms with E-state index in [1.807, 2.05) is 0 Å². The number of ether oxygens (including phenoxy) is 1. The van der Waals surface area contributed by atoms with Crippen molar-refractivity contribution >= 4 is 5.97 Å². The van der Waals surface area contributed by atoms with Crippen molar-refractivity contribution in [1.82, 2.24) is 10.4 Å². The van der Waals surface area contributed by atoms with E-state index in [9.17, 15) is 4.79 Å². The number of carbonyl (C=O) groups is 1. The van der Waals surface area contributed by atoms with E-state index < -0.39 is 0 Å². The van der Waals surface area contributed by atoms with Gasteiger partial charge in [0.15, 0.2) is 0 Å². The highest BCUT2D eigenvalue weighted by Gasteiger charge is 2.23. The van der Waals surface area contributed by atoms with Gasteiger partial charge in [0.25, 0.3) is 0 Å². The van der Waals surface area contributed by atoms with E-state index in [1.165, 1.54) is 6.26 Å². The number of hydrogen-bond acceptors (Lipinski definition) is 4. The van der Waals surface area contributed by atoms with Crippen molar-refractivity contribution in [2.45, 2.75) is 0 Å². The molecule has 0 saturated carbocycles. The SMILES string of the molecule is O=C1OC=CN2NCC=C12. The van der Waals surface area contributed by atoms with Gasteiger partial charge in [-0.15, -0.1) is 0 Å². The molecule has 0 atom stereocenters. The number of rotatable bonds is 0. The van der Waals surface area contributed by atoms with Gasteiger partial charge in [0, 0.05) is 6.54 Å². The second kappa shape index (κ2) is 1.85. The van der Waals surface area contributed by atoms with Gasteiger partial charge >= 0.3 is 5.97 Å². The summed E-state index contributed by atoms with van der Waals surface area (Å²) < 4.78 is 4.62. The maximum Gasteiger partial charge on any atom is 0.360 e. The van der Waals surface area contributed by atoms with Crippen LogP contribution in [0, 0.1) is 0 Å². The van der Waals surface area contributed by atoms with Crippen LogP contribution in [0.1, 0.15) is 0 Å². The zero-order valence-electron chi connectivity index (χ0n) is 5.20. The minimum atomic E-state index is -0.299. The molecule has 0 fully saturated rings.